The second kappa shape index (κ2) is 6.57. The summed E-state index contributed by atoms with van der Waals surface area (Å²) in [4.78, 5) is 11.2. The van der Waals surface area contributed by atoms with Gasteiger partial charge in [0, 0.05) is 19.6 Å². The molecule has 2 heterocycles. The number of para-hydroxylation sites is 2. The molecule has 108 valence electrons. The summed E-state index contributed by atoms with van der Waals surface area (Å²) in [6.45, 7) is 2.07. The summed E-state index contributed by atoms with van der Waals surface area (Å²) >= 11 is 6.28. The molecule has 1 atom stereocenters. The first-order valence-electron chi connectivity index (χ1n) is 6.61. The summed E-state index contributed by atoms with van der Waals surface area (Å²) in [6.07, 6.45) is 2.35. The summed E-state index contributed by atoms with van der Waals surface area (Å²) in [5.41, 5.74) is 1.73. The highest BCUT2D eigenvalue weighted by molar-refractivity contribution is 6.32. The quantitative estimate of drug-likeness (QED) is 0.925. The third-order valence-electron chi connectivity index (χ3n) is 3.66. The van der Waals surface area contributed by atoms with Crippen LogP contribution >= 0.6 is 24.0 Å². The van der Waals surface area contributed by atoms with Crippen LogP contribution in [0.15, 0.2) is 24.3 Å². The molecule has 1 aromatic carbocycles. The van der Waals surface area contributed by atoms with Gasteiger partial charge in [0.1, 0.15) is 0 Å². The average Bonchev–Trinajstić information content (AvgIpc) is 2.47. The number of aromatic nitrogens is 2. The van der Waals surface area contributed by atoms with Crippen LogP contribution in [-0.4, -0.2) is 36.1 Å². The fraction of sp³-hybridized carbons (Fsp3) is 0.429. The number of fused-ring (bicyclic) bond motifs is 1. The standard InChI is InChI=1S/C14H17ClN4.ClH/c1-19(10-5-4-8-16-9-10)14-13(15)17-11-6-2-3-7-12(11)18-14;/h2-3,6-7,10,16H,4-5,8-9H2,1H3;1H/t10-;/m0./s1. The lowest BCUT2D eigenvalue weighted by molar-refractivity contribution is 0.443. The number of likely N-dealkylation sites (N-methyl/N-ethyl adjacent to an activating group) is 1. The van der Waals surface area contributed by atoms with Crippen molar-refractivity contribution in [3.8, 4) is 0 Å². The molecule has 20 heavy (non-hydrogen) atoms. The highest BCUT2D eigenvalue weighted by Crippen LogP contribution is 2.26. The lowest BCUT2D eigenvalue weighted by Crippen LogP contribution is -2.44. The van der Waals surface area contributed by atoms with Gasteiger partial charge in [-0.05, 0) is 31.5 Å². The third-order valence-corrected chi connectivity index (χ3v) is 3.92. The van der Waals surface area contributed by atoms with E-state index in [9.17, 15) is 0 Å². The first-order chi connectivity index (χ1) is 9.25. The van der Waals surface area contributed by atoms with Gasteiger partial charge in [-0.1, -0.05) is 23.7 Å². The Bertz CT molecular complexity index is 584. The summed E-state index contributed by atoms with van der Waals surface area (Å²) < 4.78 is 0. The lowest BCUT2D eigenvalue weighted by atomic mass is 10.1. The van der Waals surface area contributed by atoms with Gasteiger partial charge < -0.3 is 10.2 Å². The molecule has 1 saturated heterocycles. The molecule has 1 aromatic heterocycles. The molecule has 0 bridgehead atoms. The van der Waals surface area contributed by atoms with Crippen LogP contribution in [0, 0.1) is 0 Å². The molecule has 0 unspecified atom stereocenters. The number of nitrogens with one attached hydrogen (secondary N) is 1. The number of anilines is 1. The van der Waals surface area contributed by atoms with Gasteiger partial charge >= 0.3 is 0 Å². The largest absolute Gasteiger partial charge is 0.353 e. The predicted octanol–water partition coefficient (Wildman–Crippen LogP) is 2.89. The zero-order valence-corrected chi connectivity index (χ0v) is 12.9. The van der Waals surface area contributed by atoms with E-state index in [1.165, 1.54) is 6.42 Å². The second-order valence-corrected chi connectivity index (χ2v) is 5.30. The van der Waals surface area contributed by atoms with Crippen LogP contribution in [0.4, 0.5) is 5.82 Å². The highest BCUT2D eigenvalue weighted by atomic mass is 35.5. The molecule has 0 radical (unpaired) electrons. The summed E-state index contributed by atoms with van der Waals surface area (Å²) in [6, 6.07) is 8.25. The van der Waals surface area contributed by atoms with Gasteiger partial charge in [-0.15, -0.1) is 12.4 Å². The number of rotatable bonds is 2. The maximum Gasteiger partial charge on any atom is 0.172 e. The number of piperidine rings is 1. The van der Waals surface area contributed by atoms with Crippen LogP contribution < -0.4 is 10.2 Å². The maximum absolute atomic E-state index is 6.28. The van der Waals surface area contributed by atoms with E-state index in [1.54, 1.807) is 0 Å². The number of benzene rings is 1. The van der Waals surface area contributed by atoms with Gasteiger partial charge in [0.05, 0.1) is 11.0 Å². The van der Waals surface area contributed by atoms with Crippen molar-refractivity contribution in [3.05, 3.63) is 29.4 Å². The van der Waals surface area contributed by atoms with E-state index in [-0.39, 0.29) is 12.4 Å². The van der Waals surface area contributed by atoms with Gasteiger partial charge in [-0.3, -0.25) is 0 Å². The maximum atomic E-state index is 6.28. The summed E-state index contributed by atoms with van der Waals surface area (Å²) in [5.74, 6) is 0.772. The van der Waals surface area contributed by atoms with Crippen molar-refractivity contribution in [2.24, 2.45) is 0 Å². The molecular weight excluding hydrogens is 295 g/mol. The minimum Gasteiger partial charge on any atom is -0.353 e. The Hall–Kier alpha value is -1.10. The predicted molar refractivity (Wildman–Crippen MR) is 86.1 cm³/mol. The molecule has 3 rings (SSSR count). The van der Waals surface area contributed by atoms with Crippen molar-refractivity contribution in [3.63, 3.8) is 0 Å². The van der Waals surface area contributed by atoms with Crippen molar-refractivity contribution in [2.45, 2.75) is 18.9 Å². The molecule has 1 fully saturated rings. The SMILES string of the molecule is CN(c1nc2ccccc2nc1Cl)[C@H]1CCCNC1.Cl. The molecule has 0 spiro atoms. The second-order valence-electron chi connectivity index (χ2n) is 4.94. The Morgan fingerprint density at radius 2 is 1.95 bits per heavy atom. The smallest absolute Gasteiger partial charge is 0.172 e. The van der Waals surface area contributed by atoms with E-state index in [4.69, 9.17) is 11.6 Å². The number of nitrogens with zero attached hydrogens (tertiary/aromatic N) is 3. The van der Waals surface area contributed by atoms with Gasteiger partial charge in [-0.25, -0.2) is 9.97 Å². The average molecular weight is 313 g/mol. The van der Waals surface area contributed by atoms with Gasteiger partial charge in [0.2, 0.25) is 0 Å². The number of hydrogen-bond acceptors (Lipinski definition) is 4. The molecule has 0 amide bonds. The first-order valence-corrected chi connectivity index (χ1v) is 6.99. The van der Waals surface area contributed by atoms with E-state index < -0.39 is 0 Å². The molecule has 6 heteroatoms. The Kier molecular flexibility index (Phi) is 5.02. The molecule has 0 saturated carbocycles. The van der Waals surface area contributed by atoms with Gasteiger partial charge in [-0.2, -0.15) is 0 Å². The van der Waals surface area contributed by atoms with Crippen LogP contribution in [0.1, 0.15) is 12.8 Å². The van der Waals surface area contributed by atoms with Crippen LogP contribution in [0.25, 0.3) is 11.0 Å². The Morgan fingerprint density at radius 3 is 2.60 bits per heavy atom. The van der Waals surface area contributed by atoms with Crippen molar-refractivity contribution in [2.75, 3.05) is 25.0 Å². The number of halogens is 2. The van der Waals surface area contributed by atoms with Crippen molar-refractivity contribution in [1.29, 1.82) is 0 Å². The van der Waals surface area contributed by atoms with Crippen LogP contribution in [0.2, 0.25) is 5.15 Å². The zero-order valence-electron chi connectivity index (χ0n) is 11.3. The minimum absolute atomic E-state index is 0. The summed E-state index contributed by atoms with van der Waals surface area (Å²) in [5, 5.41) is 3.89. The van der Waals surface area contributed by atoms with Crippen molar-refractivity contribution in [1.82, 2.24) is 15.3 Å². The molecule has 2 aromatic rings. The topological polar surface area (TPSA) is 41.1 Å². The Morgan fingerprint density at radius 1 is 1.25 bits per heavy atom. The molecular formula is C14H18Cl2N4. The fourth-order valence-corrected chi connectivity index (χ4v) is 2.80. The van der Waals surface area contributed by atoms with Crippen LogP contribution in [0.3, 0.4) is 0 Å². The molecule has 1 aliphatic heterocycles. The van der Waals surface area contributed by atoms with E-state index in [2.05, 4.69) is 20.2 Å². The van der Waals surface area contributed by atoms with E-state index in [1.807, 2.05) is 31.3 Å². The first kappa shape index (κ1) is 15.3. The Balaban J connectivity index is 0.00000147. The monoisotopic (exact) mass is 312 g/mol. The molecule has 0 aliphatic carbocycles. The normalized spacial score (nSPS) is 18.6. The summed E-state index contributed by atoms with van der Waals surface area (Å²) in [7, 11) is 2.04. The van der Waals surface area contributed by atoms with Crippen LogP contribution in [0.5, 0.6) is 0 Å². The van der Waals surface area contributed by atoms with Gasteiger partial charge in [0.15, 0.2) is 11.0 Å². The van der Waals surface area contributed by atoms with Gasteiger partial charge in [0.25, 0.3) is 0 Å². The number of hydrogen-bond donors (Lipinski definition) is 1. The highest BCUT2D eigenvalue weighted by Gasteiger charge is 2.21. The minimum atomic E-state index is 0. The van der Waals surface area contributed by atoms with Crippen LogP contribution in [-0.2, 0) is 0 Å². The molecule has 4 nitrogen and oxygen atoms in total. The van der Waals surface area contributed by atoms with E-state index in [0.717, 1.165) is 36.4 Å². The zero-order chi connectivity index (χ0) is 13.2. The van der Waals surface area contributed by atoms with E-state index in [0.29, 0.717) is 11.2 Å². The van der Waals surface area contributed by atoms with Crippen molar-refractivity contribution < 1.29 is 0 Å². The third kappa shape index (κ3) is 2.97. The van der Waals surface area contributed by atoms with E-state index >= 15 is 0 Å². The Labute approximate surface area is 130 Å². The molecule has 1 aliphatic rings. The molecule has 1 N–H and O–H groups in total. The fourth-order valence-electron chi connectivity index (χ4n) is 2.53. The van der Waals surface area contributed by atoms with Crippen molar-refractivity contribution >= 4 is 40.9 Å². The lowest BCUT2D eigenvalue weighted by Gasteiger charge is -2.32.